The molecule has 3 N–H and O–H groups in total. The molecular formula is C13H15N3O3. The smallest absolute Gasteiger partial charge is 0.257 e. The summed E-state index contributed by atoms with van der Waals surface area (Å²) in [7, 11) is 0. The van der Waals surface area contributed by atoms with E-state index in [1.807, 2.05) is 12.1 Å². The predicted molar refractivity (Wildman–Crippen MR) is 69.9 cm³/mol. The van der Waals surface area contributed by atoms with Crippen LogP contribution < -0.4 is 15.5 Å². The van der Waals surface area contributed by atoms with Crippen molar-refractivity contribution in [2.75, 3.05) is 29.9 Å². The minimum Gasteiger partial charge on any atom is -0.378 e. The Kier molecular flexibility index (Phi) is 2.87. The second kappa shape index (κ2) is 4.55. The van der Waals surface area contributed by atoms with Crippen molar-refractivity contribution < 1.29 is 14.7 Å². The highest BCUT2D eigenvalue weighted by Gasteiger charge is 2.29. The van der Waals surface area contributed by atoms with E-state index in [0.29, 0.717) is 30.8 Å². The van der Waals surface area contributed by atoms with Crippen molar-refractivity contribution in [3.05, 3.63) is 23.8 Å². The van der Waals surface area contributed by atoms with Gasteiger partial charge in [0.25, 0.3) is 5.91 Å². The number of carbonyl (C=O) groups is 2. The third kappa shape index (κ3) is 2.15. The SMILES string of the molecule is O=C1CCN(c2ccc3c(c2)NC(=O)C3O)CCN1. The molecule has 0 aromatic heterocycles. The van der Waals surface area contributed by atoms with Crippen molar-refractivity contribution in [3.63, 3.8) is 0 Å². The highest BCUT2D eigenvalue weighted by Crippen LogP contribution is 2.33. The Labute approximate surface area is 110 Å². The fourth-order valence-electron chi connectivity index (χ4n) is 2.46. The Bertz CT molecular complexity index is 544. The minimum absolute atomic E-state index is 0.0624. The van der Waals surface area contributed by atoms with Crippen LogP contribution in [0.15, 0.2) is 18.2 Å². The fourth-order valence-corrected chi connectivity index (χ4v) is 2.46. The molecule has 100 valence electrons. The lowest BCUT2D eigenvalue weighted by Gasteiger charge is -2.22. The highest BCUT2D eigenvalue weighted by atomic mass is 16.3. The van der Waals surface area contributed by atoms with Gasteiger partial charge in [0.1, 0.15) is 0 Å². The van der Waals surface area contributed by atoms with Crippen molar-refractivity contribution in [3.8, 4) is 0 Å². The van der Waals surface area contributed by atoms with E-state index in [-0.39, 0.29) is 11.8 Å². The first-order valence-corrected chi connectivity index (χ1v) is 6.30. The molecule has 2 amide bonds. The van der Waals surface area contributed by atoms with Crippen LogP contribution in [0.2, 0.25) is 0 Å². The summed E-state index contributed by atoms with van der Waals surface area (Å²) in [6, 6.07) is 5.48. The average molecular weight is 261 g/mol. The summed E-state index contributed by atoms with van der Waals surface area (Å²) in [4.78, 5) is 24.8. The molecule has 3 rings (SSSR count). The number of nitrogens with one attached hydrogen (secondary N) is 2. The van der Waals surface area contributed by atoms with Gasteiger partial charge in [0.05, 0.1) is 0 Å². The van der Waals surface area contributed by atoms with E-state index in [4.69, 9.17) is 0 Å². The number of hydrogen-bond acceptors (Lipinski definition) is 4. The Morgan fingerprint density at radius 1 is 1.26 bits per heavy atom. The topological polar surface area (TPSA) is 81.7 Å². The maximum atomic E-state index is 11.4. The number of amides is 2. The maximum Gasteiger partial charge on any atom is 0.257 e. The summed E-state index contributed by atoms with van der Waals surface area (Å²) in [5, 5.41) is 15.1. The van der Waals surface area contributed by atoms with Crippen LogP contribution >= 0.6 is 0 Å². The van der Waals surface area contributed by atoms with Crippen LogP contribution in [0.1, 0.15) is 18.1 Å². The summed E-state index contributed by atoms with van der Waals surface area (Å²) in [6.07, 6.45) is -0.608. The Morgan fingerprint density at radius 2 is 2.11 bits per heavy atom. The average Bonchev–Trinajstić information content (AvgIpc) is 2.57. The molecule has 0 bridgehead atoms. The molecule has 1 saturated heterocycles. The third-order valence-electron chi connectivity index (χ3n) is 3.52. The van der Waals surface area contributed by atoms with Gasteiger partial charge in [-0.2, -0.15) is 0 Å². The summed E-state index contributed by atoms with van der Waals surface area (Å²) in [5.41, 5.74) is 2.21. The summed E-state index contributed by atoms with van der Waals surface area (Å²) in [6.45, 7) is 2.01. The first-order chi connectivity index (χ1) is 9.15. The number of aliphatic hydroxyl groups excluding tert-OH is 1. The number of carbonyl (C=O) groups excluding carboxylic acids is 2. The molecule has 1 unspecified atom stereocenters. The normalized spacial score (nSPS) is 22.6. The molecule has 6 heteroatoms. The molecular weight excluding hydrogens is 246 g/mol. The second-order valence-electron chi connectivity index (χ2n) is 4.75. The van der Waals surface area contributed by atoms with Gasteiger partial charge in [-0.25, -0.2) is 0 Å². The molecule has 1 fully saturated rings. The molecule has 0 spiro atoms. The van der Waals surface area contributed by atoms with Crippen LogP contribution in [0.5, 0.6) is 0 Å². The monoisotopic (exact) mass is 261 g/mol. The van der Waals surface area contributed by atoms with Crippen LogP contribution in [0.4, 0.5) is 11.4 Å². The molecule has 2 aliphatic rings. The van der Waals surface area contributed by atoms with Crippen LogP contribution in [0.25, 0.3) is 0 Å². The molecule has 1 aromatic carbocycles. The van der Waals surface area contributed by atoms with Crippen molar-refractivity contribution in [2.24, 2.45) is 0 Å². The van der Waals surface area contributed by atoms with E-state index in [1.54, 1.807) is 6.07 Å². The Hall–Kier alpha value is -2.08. The second-order valence-corrected chi connectivity index (χ2v) is 4.75. The molecule has 2 heterocycles. The number of nitrogens with zero attached hydrogens (tertiary/aromatic N) is 1. The maximum absolute atomic E-state index is 11.4. The number of hydrogen-bond donors (Lipinski definition) is 3. The molecule has 0 radical (unpaired) electrons. The molecule has 1 aromatic rings. The Morgan fingerprint density at radius 3 is 2.95 bits per heavy atom. The fraction of sp³-hybridized carbons (Fsp3) is 0.385. The van der Waals surface area contributed by atoms with Gasteiger partial charge in [-0.15, -0.1) is 0 Å². The van der Waals surface area contributed by atoms with E-state index >= 15 is 0 Å². The first-order valence-electron chi connectivity index (χ1n) is 6.30. The Balaban J connectivity index is 1.85. The molecule has 0 aliphatic carbocycles. The van der Waals surface area contributed by atoms with Gasteiger partial charge in [-0.1, -0.05) is 6.07 Å². The van der Waals surface area contributed by atoms with Crippen molar-refractivity contribution in [1.82, 2.24) is 5.32 Å². The predicted octanol–water partition coefficient (Wildman–Crippen LogP) is -0.00160. The zero-order valence-electron chi connectivity index (χ0n) is 10.3. The summed E-state index contributed by atoms with van der Waals surface area (Å²) < 4.78 is 0. The van der Waals surface area contributed by atoms with Gasteiger partial charge in [0, 0.05) is 43.0 Å². The van der Waals surface area contributed by atoms with Gasteiger partial charge < -0.3 is 20.6 Å². The number of rotatable bonds is 1. The number of anilines is 2. The number of benzene rings is 1. The highest BCUT2D eigenvalue weighted by molar-refractivity contribution is 6.02. The van der Waals surface area contributed by atoms with Gasteiger partial charge in [-0.3, -0.25) is 9.59 Å². The quantitative estimate of drug-likeness (QED) is 0.664. The molecule has 1 atom stereocenters. The number of aliphatic hydroxyl groups is 1. The van der Waals surface area contributed by atoms with Gasteiger partial charge in [-0.05, 0) is 12.1 Å². The van der Waals surface area contributed by atoms with Gasteiger partial charge >= 0.3 is 0 Å². The standard InChI is InChI=1S/C13H15N3O3/c17-11-3-5-16(6-4-14-11)8-1-2-9-10(7-8)15-13(19)12(9)18/h1-2,7,12,18H,3-6H2,(H,14,17)(H,15,19). The summed E-state index contributed by atoms with van der Waals surface area (Å²) in [5.74, 6) is -0.327. The van der Waals surface area contributed by atoms with Gasteiger partial charge in [0.15, 0.2) is 6.10 Å². The van der Waals surface area contributed by atoms with Crippen molar-refractivity contribution in [1.29, 1.82) is 0 Å². The molecule has 6 nitrogen and oxygen atoms in total. The van der Waals surface area contributed by atoms with Crippen molar-refractivity contribution in [2.45, 2.75) is 12.5 Å². The van der Waals surface area contributed by atoms with E-state index in [9.17, 15) is 14.7 Å². The molecule has 2 aliphatic heterocycles. The van der Waals surface area contributed by atoms with E-state index in [2.05, 4.69) is 15.5 Å². The summed E-state index contributed by atoms with van der Waals surface area (Å²) >= 11 is 0. The first kappa shape index (κ1) is 12.0. The van der Waals surface area contributed by atoms with Crippen LogP contribution in [0.3, 0.4) is 0 Å². The van der Waals surface area contributed by atoms with Crippen LogP contribution in [-0.2, 0) is 9.59 Å². The third-order valence-corrected chi connectivity index (χ3v) is 3.52. The zero-order valence-corrected chi connectivity index (χ0v) is 10.3. The largest absolute Gasteiger partial charge is 0.378 e. The molecule has 0 saturated carbocycles. The van der Waals surface area contributed by atoms with Crippen molar-refractivity contribution >= 4 is 23.2 Å². The lowest BCUT2D eigenvalue weighted by Crippen LogP contribution is -2.28. The minimum atomic E-state index is -1.07. The van der Waals surface area contributed by atoms with E-state index < -0.39 is 6.10 Å². The lowest BCUT2D eigenvalue weighted by atomic mass is 10.1. The van der Waals surface area contributed by atoms with Crippen LogP contribution in [-0.4, -0.2) is 36.6 Å². The van der Waals surface area contributed by atoms with E-state index in [0.717, 1.165) is 12.2 Å². The zero-order chi connectivity index (χ0) is 13.4. The molecule has 19 heavy (non-hydrogen) atoms. The van der Waals surface area contributed by atoms with Crippen LogP contribution in [0, 0.1) is 0 Å². The lowest BCUT2D eigenvalue weighted by molar-refractivity contribution is -0.123. The van der Waals surface area contributed by atoms with E-state index in [1.165, 1.54) is 0 Å². The van der Waals surface area contributed by atoms with Gasteiger partial charge in [0.2, 0.25) is 5.91 Å². The number of fused-ring (bicyclic) bond motifs is 1.